The van der Waals surface area contributed by atoms with E-state index in [0.717, 1.165) is 18.5 Å². The summed E-state index contributed by atoms with van der Waals surface area (Å²) in [5.41, 5.74) is 0.246. The number of H-pyrrole nitrogens is 1. The number of amides is 2. The first-order valence-corrected chi connectivity index (χ1v) is 8.42. The van der Waals surface area contributed by atoms with Crippen LogP contribution in [0.25, 0.3) is 0 Å². The molecule has 1 aromatic heterocycles. The van der Waals surface area contributed by atoms with Crippen LogP contribution in [0.5, 0.6) is 0 Å². The Kier molecular flexibility index (Phi) is 4.47. The van der Waals surface area contributed by atoms with Crippen molar-refractivity contribution in [3.8, 4) is 0 Å². The maximum atomic E-state index is 12.3. The van der Waals surface area contributed by atoms with Crippen molar-refractivity contribution in [3.63, 3.8) is 0 Å². The second-order valence-electron chi connectivity index (χ2n) is 7.75. The molecule has 0 aromatic carbocycles. The fraction of sp³-hybridized carbons (Fsp3) is 0.750. The van der Waals surface area contributed by atoms with Gasteiger partial charge in [0, 0.05) is 19.0 Å². The number of nitrogens with one attached hydrogen (secondary N) is 2. The number of aromatic nitrogens is 3. The first-order valence-electron chi connectivity index (χ1n) is 8.42. The van der Waals surface area contributed by atoms with E-state index in [9.17, 15) is 9.59 Å². The molecule has 1 saturated heterocycles. The molecule has 24 heavy (non-hydrogen) atoms. The van der Waals surface area contributed by atoms with Crippen molar-refractivity contribution < 1.29 is 14.3 Å². The minimum Gasteiger partial charge on any atom is -0.444 e. The molecular formula is C16H25N5O3. The summed E-state index contributed by atoms with van der Waals surface area (Å²) in [6.07, 6.45) is 3.01. The normalized spacial score (nSPS) is 26.3. The quantitative estimate of drug-likeness (QED) is 0.867. The topological polar surface area (TPSA) is 100 Å². The van der Waals surface area contributed by atoms with Gasteiger partial charge in [-0.05, 0) is 45.4 Å². The zero-order chi connectivity index (χ0) is 17.3. The molecule has 2 atom stereocenters. The molecule has 0 spiro atoms. The number of rotatable bonds is 3. The number of hydrogen-bond acceptors (Lipinski definition) is 5. The number of carbonyl (C=O) groups is 2. The van der Waals surface area contributed by atoms with E-state index >= 15 is 0 Å². The van der Waals surface area contributed by atoms with Gasteiger partial charge in [-0.25, -0.2) is 4.79 Å². The zero-order valence-corrected chi connectivity index (χ0v) is 14.4. The van der Waals surface area contributed by atoms with Crippen molar-refractivity contribution in [1.29, 1.82) is 0 Å². The van der Waals surface area contributed by atoms with Gasteiger partial charge in [0.05, 0.1) is 12.7 Å². The van der Waals surface area contributed by atoms with E-state index in [4.69, 9.17) is 4.74 Å². The maximum absolute atomic E-state index is 12.3. The molecule has 132 valence electrons. The molecule has 2 aliphatic rings. The van der Waals surface area contributed by atoms with Crippen LogP contribution < -0.4 is 5.32 Å². The van der Waals surface area contributed by atoms with Gasteiger partial charge < -0.3 is 15.0 Å². The zero-order valence-electron chi connectivity index (χ0n) is 14.4. The summed E-state index contributed by atoms with van der Waals surface area (Å²) in [4.78, 5) is 26.2. The first kappa shape index (κ1) is 16.7. The van der Waals surface area contributed by atoms with Gasteiger partial charge in [0.1, 0.15) is 11.3 Å². The number of hydrogen-bond donors (Lipinski definition) is 2. The molecule has 2 fully saturated rings. The van der Waals surface area contributed by atoms with E-state index < -0.39 is 5.60 Å². The molecule has 1 aliphatic heterocycles. The minimum atomic E-state index is -0.474. The lowest BCUT2D eigenvalue weighted by molar-refractivity contribution is -0.125. The third-order valence-electron chi connectivity index (χ3n) is 4.68. The monoisotopic (exact) mass is 335 g/mol. The lowest BCUT2D eigenvalue weighted by Gasteiger charge is -2.25. The van der Waals surface area contributed by atoms with Crippen molar-refractivity contribution in [3.05, 3.63) is 11.9 Å². The van der Waals surface area contributed by atoms with Crippen LogP contribution in [0.4, 0.5) is 4.79 Å². The van der Waals surface area contributed by atoms with Crippen LogP contribution in [0.2, 0.25) is 0 Å². The lowest BCUT2D eigenvalue weighted by Crippen LogP contribution is -2.36. The molecule has 2 unspecified atom stereocenters. The molecule has 2 heterocycles. The summed E-state index contributed by atoms with van der Waals surface area (Å²) < 4.78 is 5.43. The number of nitrogens with zero attached hydrogens (tertiary/aromatic N) is 3. The molecule has 1 saturated carbocycles. The number of likely N-dealkylation sites (tertiary alicyclic amines) is 1. The van der Waals surface area contributed by atoms with E-state index in [-0.39, 0.29) is 17.9 Å². The highest BCUT2D eigenvalue weighted by Gasteiger charge is 2.45. The van der Waals surface area contributed by atoms with E-state index in [1.165, 1.54) is 0 Å². The number of ether oxygens (including phenoxy) is 1. The molecule has 0 radical (unpaired) electrons. The van der Waals surface area contributed by atoms with E-state index in [1.54, 1.807) is 11.1 Å². The Bertz CT molecular complexity index is 581. The molecular weight excluding hydrogens is 310 g/mol. The van der Waals surface area contributed by atoms with Crippen LogP contribution in [-0.2, 0) is 16.1 Å². The Labute approximate surface area is 141 Å². The van der Waals surface area contributed by atoms with Crippen LogP contribution in [0.1, 0.15) is 39.3 Å². The predicted molar refractivity (Wildman–Crippen MR) is 85.7 cm³/mol. The second kappa shape index (κ2) is 6.41. The van der Waals surface area contributed by atoms with Gasteiger partial charge in [-0.1, -0.05) is 0 Å². The Morgan fingerprint density at radius 2 is 2.00 bits per heavy atom. The molecule has 2 N–H and O–H groups in total. The highest BCUT2D eigenvalue weighted by molar-refractivity contribution is 5.79. The summed E-state index contributed by atoms with van der Waals surface area (Å²) in [5, 5.41) is 13.1. The van der Waals surface area contributed by atoms with Crippen LogP contribution in [0, 0.1) is 17.8 Å². The molecule has 2 amide bonds. The predicted octanol–water partition coefficient (Wildman–Crippen LogP) is 1.31. The summed E-state index contributed by atoms with van der Waals surface area (Å²) >= 11 is 0. The van der Waals surface area contributed by atoms with Crippen LogP contribution in [0.3, 0.4) is 0 Å². The fourth-order valence-electron chi connectivity index (χ4n) is 3.62. The summed E-state index contributed by atoms with van der Waals surface area (Å²) in [6.45, 7) is 7.38. The van der Waals surface area contributed by atoms with Crippen LogP contribution in [0.15, 0.2) is 6.20 Å². The average molecular weight is 335 g/mol. The summed E-state index contributed by atoms with van der Waals surface area (Å²) in [7, 11) is 0. The Hall–Kier alpha value is -2.12. The number of aromatic amines is 1. The summed E-state index contributed by atoms with van der Waals surface area (Å²) in [6, 6.07) is 0. The van der Waals surface area contributed by atoms with E-state index in [1.807, 2.05) is 20.8 Å². The lowest BCUT2D eigenvalue weighted by atomic mass is 10.0. The van der Waals surface area contributed by atoms with Crippen molar-refractivity contribution in [2.75, 3.05) is 13.1 Å². The molecule has 3 rings (SSSR count). The molecule has 1 aromatic rings. The minimum absolute atomic E-state index is 0.0210. The third-order valence-corrected chi connectivity index (χ3v) is 4.68. The van der Waals surface area contributed by atoms with E-state index in [0.29, 0.717) is 31.5 Å². The van der Waals surface area contributed by atoms with Gasteiger partial charge in [0.15, 0.2) is 0 Å². The van der Waals surface area contributed by atoms with Crippen molar-refractivity contribution in [2.24, 2.45) is 17.8 Å². The smallest absolute Gasteiger partial charge is 0.410 e. The largest absolute Gasteiger partial charge is 0.444 e. The third kappa shape index (κ3) is 3.85. The van der Waals surface area contributed by atoms with Crippen LogP contribution in [-0.4, -0.2) is 51.0 Å². The Balaban J connectivity index is 1.46. The number of carbonyl (C=O) groups excluding carboxylic acids is 2. The maximum Gasteiger partial charge on any atom is 0.410 e. The first-order chi connectivity index (χ1) is 11.3. The summed E-state index contributed by atoms with van der Waals surface area (Å²) in [5.74, 6) is 0.865. The van der Waals surface area contributed by atoms with Gasteiger partial charge in [0.2, 0.25) is 5.91 Å². The second-order valence-corrected chi connectivity index (χ2v) is 7.75. The van der Waals surface area contributed by atoms with Crippen molar-refractivity contribution >= 4 is 12.0 Å². The standard InChI is InChI=1S/C16H25N5O3/c1-16(2,3)24-15(23)21-8-11-4-10(5-12(11)9-21)14(22)17-6-13-7-18-20-19-13/h7,10-12H,4-6,8-9H2,1-3H3,(H,17,22)(H,18,19,20). The molecule has 8 heteroatoms. The van der Waals surface area contributed by atoms with Gasteiger partial charge in [-0.15, -0.1) is 0 Å². The molecule has 1 aliphatic carbocycles. The Morgan fingerprint density at radius 1 is 1.33 bits per heavy atom. The van der Waals surface area contributed by atoms with Gasteiger partial charge >= 0.3 is 6.09 Å². The average Bonchev–Trinajstić information content (AvgIpc) is 3.18. The molecule has 0 bridgehead atoms. The highest BCUT2D eigenvalue weighted by Crippen LogP contribution is 2.41. The molecule has 8 nitrogen and oxygen atoms in total. The van der Waals surface area contributed by atoms with Crippen molar-refractivity contribution in [1.82, 2.24) is 25.6 Å². The number of fused-ring (bicyclic) bond motifs is 1. The fourth-order valence-corrected chi connectivity index (χ4v) is 3.62. The van der Waals surface area contributed by atoms with Crippen molar-refractivity contribution in [2.45, 2.75) is 45.8 Å². The van der Waals surface area contributed by atoms with Crippen LogP contribution >= 0.6 is 0 Å². The van der Waals surface area contributed by atoms with Gasteiger partial charge in [0.25, 0.3) is 0 Å². The van der Waals surface area contributed by atoms with E-state index in [2.05, 4.69) is 20.7 Å². The van der Waals surface area contributed by atoms with Gasteiger partial charge in [-0.2, -0.15) is 15.4 Å². The highest BCUT2D eigenvalue weighted by atomic mass is 16.6. The van der Waals surface area contributed by atoms with Gasteiger partial charge in [-0.3, -0.25) is 4.79 Å². The SMILES string of the molecule is CC(C)(C)OC(=O)N1CC2CC(C(=O)NCc3cn[nH]n3)CC2C1. The Morgan fingerprint density at radius 3 is 2.54 bits per heavy atom.